The molecule has 1 heterocycles. The van der Waals surface area contributed by atoms with E-state index in [0.717, 1.165) is 25.7 Å². The van der Waals surface area contributed by atoms with E-state index in [2.05, 4.69) is 11.4 Å². The fourth-order valence-electron chi connectivity index (χ4n) is 5.09. The van der Waals surface area contributed by atoms with Crippen molar-refractivity contribution < 1.29 is 14.0 Å². The number of hydrogen-bond acceptors (Lipinski definition) is 3. The van der Waals surface area contributed by atoms with Gasteiger partial charge in [0, 0.05) is 18.9 Å². The Labute approximate surface area is 162 Å². The monoisotopic (exact) mass is 389 g/mol. The number of halogens is 2. The molecule has 1 aromatic rings. The van der Waals surface area contributed by atoms with Crippen molar-refractivity contribution in [3.8, 4) is 6.07 Å². The molecule has 3 fully saturated rings. The van der Waals surface area contributed by atoms with Crippen LogP contribution in [0.2, 0.25) is 5.02 Å². The number of carbonyl (C=O) groups excluding carboxylic acids is 2. The van der Waals surface area contributed by atoms with E-state index in [0.29, 0.717) is 12.0 Å². The standard InChI is InChI=1S/C20H21ClFN3O2/c1-25-16(26)9-15(17(25)12-4-5-13(21)14(22)8-12)24-18(27)20(11-23)10-19(20)6-2-3-7-19/h4-5,8,15,17H,2-3,6-7,9-10H2,1H3,(H,24,27)/t15-,17+,20+/m0/s1. The number of nitrogens with zero attached hydrogens (tertiary/aromatic N) is 2. The highest BCUT2D eigenvalue weighted by Gasteiger charge is 2.73. The maximum Gasteiger partial charge on any atom is 0.241 e. The summed E-state index contributed by atoms with van der Waals surface area (Å²) in [6.07, 6.45) is 4.64. The Morgan fingerprint density at radius 3 is 2.74 bits per heavy atom. The van der Waals surface area contributed by atoms with Crippen molar-refractivity contribution in [3.05, 3.63) is 34.6 Å². The predicted molar refractivity (Wildman–Crippen MR) is 97.0 cm³/mol. The zero-order valence-corrected chi connectivity index (χ0v) is 15.9. The van der Waals surface area contributed by atoms with E-state index in [1.54, 1.807) is 13.1 Å². The summed E-state index contributed by atoms with van der Waals surface area (Å²) >= 11 is 5.77. The highest BCUT2D eigenvalue weighted by atomic mass is 35.5. The first-order valence-corrected chi connectivity index (χ1v) is 9.64. The first kappa shape index (κ1) is 18.2. The molecular weight excluding hydrogens is 369 g/mol. The Hall–Kier alpha value is -2.13. The van der Waals surface area contributed by atoms with Crippen LogP contribution in [0, 0.1) is 28.0 Å². The van der Waals surface area contributed by atoms with Gasteiger partial charge in [0.15, 0.2) is 0 Å². The maximum atomic E-state index is 13.9. The number of likely N-dealkylation sites (N-methyl/N-ethyl adjacent to an activating group) is 1. The number of nitrogens with one attached hydrogen (secondary N) is 1. The summed E-state index contributed by atoms with van der Waals surface area (Å²) in [6.45, 7) is 0. The van der Waals surface area contributed by atoms with Crippen molar-refractivity contribution in [1.29, 1.82) is 5.26 Å². The van der Waals surface area contributed by atoms with E-state index in [1.807, 2.05) is 0 Å². The lowest BCUT2D eigenvalue weighted by atomic mass is 9.90. The SMILES string of the molecule is CN1C(=O)C[C@H](NC(=O)[C@]2(C#N)CC23CCCC3)[C@H]1c1ccc(Cl)c(F)c1. The van der Waals surface area contributed by atoms with Gasteiger partial charge >= 0.3 is 0 Å². The smallest absolute Gasteiger partial charge is 0.241 e. The molecule has 5 nitrogen and oxygen atoms in total. The molecule has 2 aliphatic carbocycles. The van der Waals surface area contributed by atoms with Crippen LogP contribution in [0.1, 0.15) is 50.1 Å². The molecule has 3 aliphatic rings. The molecule has 0 unspecified atom stereocenters. The summed E-state index contributed by atoms with van der Waals surface area (Å²) in [7, 11) is 1.64. The minimum Gasteiger partial charge on any atom is -0.349 e. The fraction of sp³-hybridized carbons (Fsp3) is 0.550. The number of likely N-dealkylation sites (tertiary alicyclic amines) is 1. The third kappa shape index (κ3) is 2.63. The van der Waals surface area contributed by atoms with Crippen molar-refractivity contribution in [1.82, 2.24) is 10.2 Å². The lowest BCUT2D eigenvalue weighted by Crippen LogP contribution is -2.43. The third-order valence-corrected chi connectivity index (χ3v) is 7.02. The van der Waals surface area contributed by atoms with Gasteiger partial charge in [-0.15, -0.1) is 0 Å². The van der Waals surface area contributed by atoms with E-state index in [9.17, 15) is 19.2 Å². The summed E-state index contributed by atoms with van der Waals surface area (Å²) in [6, 6.07) is 5.70. The molecule has 4 rings (SSSR count). The minimum absolute atomic E-state index is 0.0101. The second-order valence-electron chi connectivity index (χ2n) is 8.09. The average molecular weight is 390 g/mol. The van der Waals surface area contributed by atoms with Gasteiger partial charge in [-0.2, -0.15) is 5.26 Å². The molecule has 1 N–H and O–H groups in total. The highest BCUT2D eigenvalue weighted by Crippen LogP contribution is 2.71. The zero-order chi connectivity index (χ0) is 19.4. The molecular formula is C20H21ClFN3O2. The number of benzene rings is 1. The van der Waals surface area contributed by atoms with Gasteiger partial charge in [-0.3, -0.25) is 9.59 Å². The van der Waals surface area contributed by atoms with Crippen molar-refractivity contribution in [2.24, 2.45) is 10.8 Å². The quantitative estimate of drug-likeness (QED) is 0.861. The molecule has 2 saturated carbocycles. The van der Waals surface area contributed by atoms with E-state index >= 15 is 0 Å². The zero-order valence-electron chi connectivity index (χ0n) is 15.1. The van der Waals surface area contributed by atoms with E-state index < -0.39 is 23.3 Å². The summed E-state index contributed by atoms with van der Waals surface area (Å²) < 4.78 is 13.9. The van der Waals surface area contributed by atoms with Crippen LogP contribution >= 0.6 is 11.6 Å². The molecule has 27 heavy (non-hydrogen) atoms. The molecule has 2 amide bonds. The molecule has 3 atom stereocenters. The van der Waals surface area contributed by atoms with Gasteiger partial charge in [-0.1, -0.05) is 30.5 Å². The number of hydrogen-bond donors (Lipinski definition) is 1. The summed E-state index contributed by atoms with van der Waals surface area (Å²) in [5.74, 6) is -0.981. The number of carbonyl (C=O) groups is 2. The first-order valence-electron chi connectivity index (χ1n) is 9.26. The summed E-state index contributed by atoms with van der Waals surface area (Å²) in [4.78, 5) is 26.8. The largest absolute Gasteiger partial charge is 0.349 e. The van der Waals surface area contributed by atoms with E-state index in [1.165, 1.54) is 17.0 Å². The molecule has 142 valence electrons. The maximum absolute atomic E-state index is 13.9. The van der Waals surface area contributed by atoms with E-state index in [-0.39, 0.29) is 28.7 Å². The van der Waals surface area contributed by atoms with Gasteiger partial charge in [0.1, 0.15) is 11.2 Å². The molecule has 7 heteroatoms. The Morgan fingerprint density at radius 1 is 1.41 bits per heavy atom. The number of amides is 2. The molecule has 1 spiro atoms. The molecule has 0 aromatic heterocycles. The summed E-state index contributed by atoms with van der Waals surface area (Å²) in [5, 5.41) is 12.7. The minimum atomic E-state index is -0.983. The Morgan fingerprint density at radius 2 is 2.11 bits per heavy atom. The van der Waals surface area contributed by atoms with Gasteiger partial charge in [-0.25, -0.2) is 4.39 Å². The van der Waals surface area contributed by atoms with E-state index in [4.69, 9.17) is 11.6 Å². The normalized spacial score (nSPS) is 31.2. The van der Waals surface area contributed by atoms with Crippen molar-refractivity contribution in [3.63, 3.8) is 0 Å². The first-order chi connectivity index (χ1) is 12.8. The van der Waals surface area contributed by atoms with Crippen LogP contribution in [0.15, 0.2) is 18.2 Å². The Bertz CT molecular complexity index is 861. The van der Waals surface area contributed by atoms with Crippen LogP contribution in [-0.2, 0) is 9.59 Å². The topological polar surface area (TPSA) is 73.2 Å². The average Bonchev–Trinajstić information content (AvgIpc) is 2.87. The van der Waals surface area contributed by atoms with Gasteiger partial charge < -0.3 is 10.2 Å². The molecule has 0 radical (unpaired) electrons. The Balaban J connectivity index is 1.58. The predicted octanol–water partition coefficient (Wildman–Crippen LogP) is 3.34. The lowest BCUT2D eigenvalue weighted by Gasteiger charge is -2.27. The number of rotatable bonds is 3. The highest BCUT2D eigenvalue weighted by molar-refractivity contribution is 6.30. The van der Waals surface area contributed by atoms with Crippen LogP contribution in [0.3, 0.4) is 0 Å². The molecule has 1 aromatic carbocycles. The van der Waals surface area contributed by atoms with Gasteiger partial charge in [0.05, 0.1) is 23.2 Å². The van der Waals surface area contributed by atoms with Crippen LogP contribution in [0.25, 0.3) is 0 Å². The second kappa shape index (κ2) is 6.20. The second-order valence-corrected chi connectivity index (χ2v) is 8.50. The molecule has 0 bridgehead atoms. The third-order valence-electron chi connectivity index (χ3n) is 6.71. The Kier molecular flexibility index (Phi) is 4.19. The van der Waals surface area contributed by atoms with Crippen LogP contribution in [0.5, 0.6) is 0 Å². The molecule has 1 saturated heterocycles. The van der Waals surface area contributed by atoms with Crippen LogP contribution in [-0.4, -0.2) is 29.8 Å². The van der Waals surface area contributed by atoms with Crippen LogP contribution < -0.4 is 5.32 Å². The fourth-order valence-corrected chi connectivity index (χ4v) is 5.21. The van der Waals surface area contributed by atoms with Crippen molar-refractivity contribution in [2.45, 2.75) is 50.6 Å². The van der Waals surface area contributed by atoms with Crippen molar-refractivity contribution >= 4 is 23.4 Å². The van der Waals surface area contributed by atoms with Gasteiger partial charge in [0.25, 0.3) is 0 Å². The molecule has 1 aliphatic heterocycles. The van der Waals surface area contributed by atoms with Gasteiger partial charge in [-0.05, 0) is 37.0 Å². The van der Waals surface area contributed by atoms with Crippen LogP contribution in [0.4, 0.5) is 4.39 Å². The van der Waals surface area contributed by atoms with Gasteiger partial charge in [0.2, 0.25) is 11.8 Å². The lowest BCUT2D eigenvalue weighted by molar-refractivity contribution is -0.127. The van der Waals surface area contributed by atoms with Crippen molar-refractivity contribution in [2.75, 3.05) is 7.05 Å². The number of nitriles is 1. The summed E-state index contributed by atoms with van der Waals surface area (Å²) in [5.41, 5.74) is -0.598.